The molecule has 0 radical (unpaired) electrons. The number of ether oxygens (including phenoxy) is 2. The second-order valence-electron chi connectivity index (χ2n) is 6.60. The Morgan fingerprint density at radius 2 is 1.90 bits per heavy atom. The number of hydrogen-bond donors (Lipinski definition) is 0. The molecule has 0 spiro atoms. The molecule has 2 aromatic rings. The van der Waals surface area contributed by atoms with Gasteiger partial charge in [0.15, 0.2) is 6.61 Å². The fraction of sp³-hybridized carbons (Fsp3) is 0.333. The van der Waals surface area contributed by atoms with E-state index < -0.39 is 17.9 Å². The van der Waals surface area contributed by atoms with Crippen molar-refractivity contribution in [3.8, 4) is 0 Å². The average Bonchev–Trinajstić information content (AvgIpc) is 3.40. The van der Waals surface area contributed by atoms with E-state index >= 15 is 0 Å². The van der Waals surface area contributed by atoms with E-state index in [2.05, 4.69) is 0 Å². The predicted molar refractivity (Wildman–Crippen MR) is 107 cm³/mol. The van der Waals surface area contributed by atoms with Crippen LogP contribution in [0.3, 0.4) is 0 Å². The predicted octanol–water partition coefficient (Wildman–Crippen LogP) is 3.09. The second kappa shape index (κ2) is 9.47. The molecule has 0 aliphatic carbocycles. The largest absolute Gasteiger partial charge is 0.462 e. The monoisotopic (exact) mass is 415 g/mol. The lowest BCUT2D eigenvalue weighted by atomic mass is 10.1. The second-order valence-corrected chi connectivity index (χ2v) is 7.54. The maximum absolute atomic E-state index is 12.3. The summed E-state index contributed by atoms with van der Waals surface area (Å²) in [6.07, 6.45) is 0.759. The van der Waals surface area contributed by atoms with Gasteiger partial charge in [-0.3, -0.25) is 14.4 Å². The van der Waals surface area contributed by atoms with Crippen LogP contribution in [-0.2, 0) is 19.1 Å². The number of esters is 2. The molecule has 0 N–H and O–H groups in total. The fourth-order valence-corrected chi connectivity index (χ4v) is 3.58. The van der Waals surface area contributed by atoms with Gasteiger partial charge in [-0.25, -0.2) is 4.79 Å². The van der Waals surface area contributed by atoms with Crippen LogP contribution in [0.15, 0.2) is 41.8 Å². The lowest BCUT2D eigenvalue weighted by Crippen LogP contribution is -2.27. The van der Waals surface area contributed by atoms with Gasteiger partial charge in [-0.15, -0.1) is 11.3 Å². The summed E-state index contributed by atoms with van der Waals surface area (Å²) in [5.74, 6) is -2.08. The van der Waals surface area contributed by atoms with Crippen molar-refractivity contribution in [1.82, 2.24) is 0 Å². The smallest absolute Gasteiger partial charge is 0.338 e. The number of nitrogens with zero attached hydrogens (tertiary/aromatic N) is 1. The molecule has 1 aliphatic heterocycles. The number of hydrogen-bond acceptors (Lipinski definition) is 7. The van der Waals surface area contributed by atoms with Crippen molar-refractivity contribution in [3.05, 3.63) is 52.2 Å². The molecule has 1 aromatic carbocycles. The normalized spacial score (nSPS) is 16.0. The van der Waals surface area contributed by atoms with Crippen molar-refractivity contribution in [3.63, 3.8) is 0 Å². The van der Waals surface area contributed by atoms with E-state index in [0.29, 0.717) is 22.7 Å². The maximum Gasteiger partial charge on any atom is 0.338 e. The molecule has 1 atom stereocenters. The number of carbonyl (C=O) groups is 4. The molecule has 1 amide bonds. The molecule has 1 fully saturated rings. The minimum Gasteiger partial charge on any atom is -0.462 e. The zero-order valence-corrected chi connectivity index (χ0v) is 16.8. The van der Waals surface area contributed by atoms with Gasteiger partial charge in [0.05, 0.1) is 23.0 Å². The van der Waals surface area contributed by atoms with Crippen molar-refractivity contribution < 1.29 is 28.7 Å². The highest BCUT2D eigenvalue weighted by molar-refractivity contribution is 7.12. The summed E-state index contributed by atoms with van der Waals surface area (Å²) < 4.78 is 10.2. The standard InChI is InChI=1S/C21H21NO6S/c1-2-9-27-20(25)14-5-7-16(8-6-14)22-12-15(11-19(22)24)21(26)28-13-17(23)18-4-3-10-29-18/h3-8,10,15H,2,9,11-13H2,1H3/t15-/m0/s1. The number of carbonyl (C=O) groups excluding carboxylic acids is 4. The van der Waals surface area contributed by atoms with Crippen LogP contribution >= 0.6 is 11.3 Å². The molecule has 8 heteroatoms. The average molecular weight is 415 g/mol. The Bertz CT molecular complexity index is 890. The SMILES string of the molecule is CCCOC(=O)c1ccc(N2C[C@@H](C(=O)OCC(=O)c3cccs3)CC2=O)cc1. The van der Waals surface area contributed by atoms with Gasteiger partial charge in [0.2, 0.25) is 11.7 Å². The van der Waals surface area contributed by atoms with Gasteiger partial charge in [-0.05, 0) is 42.1 Å². The van der Waals surface area contributed by atoms with Gasteiger partial charge in [0, 0.05) is 18.7 Å². The third-order valence-electron chi connectivity index (χ3n) is 4.45. The molecule has 1 saturated heterocycles. The van der Waals surface area contributed by atoms with Crippen LogP contribution in [0.25, 0.3) is 0 Å². The van der Waals surface area contributed by atoms with Crippen molar-refractivity contribution >= 4 is 40.7 Å². The van der Waals surface area contributed by atoms with Crippen molar-refractivity contribution in [1.29, 1.82) is 0 Å². The molecule has 2 heterocycles. The highest BCUT2D eigenvalue weighted by atomic mass is 32.1. The molecular weight excluding hydrogens is 394 g/mol. The first kappa shape index (κ1) is 20.7. The Morgan fingerprint density at radius 3 is 2.55 bits per heavy atom. The summed E-state index contributed by atoms with van der Waals surface area (Å²) in [6, 6.07) is 9.90. The van der Waals surface area contributed by atoms with Crippen LogP contribution < -0.4 is 4.90 Å². The summed E-state index contributed by atoms with van der Waals surface area (Å²) >= 11 is 1.28. The van der Waals surface area contributed by atoms with Crippen LogP contribution in [0.4, 0.5) is 5.69 Å². The lowest BCUT2D eigenvalue weighted by molar-refractivity contribution is -0.147. The number of amides is 1. The first-order valence-electron chi connectivity index (χ1n) is 9.30. The Kier molecular flexibility index (Phi) is 6.77. The van der Waals surface area contributed by atoms with E-state index in [0.717, 1.165) is 6.42 Å². The van der Waals surface area contributed by atoms with E-state index in [9.17, 15) is 19.2 Å². The van der Waals surface area contributed by atoms with E-state index in [1.807, 2.05) is 6.92 Å². The first-order chi connectivity index (χ1) is 14.0. The zero-order chi connectivity index (χ0) is 20.8. The van der Waals surface area contributed by atoms with E-state index in [1.54, 1.807) is 41.8 Å². The van der Waals surface area contributed by atoms with Gasteiger partial charge >= 0.3 is 11.9 Å². The number of benzene rings is 1. The maximum atomic E-state index is 12.3. The summed E-state index contributed by atoms with van der Waals surface area (Å²) in [5.41, 5.74) is 0.990. The van der Waals surface area contributed by atoms with Gasteiger partial charge in [-0.2, -0.15) is 0 Å². The molecule has 0 unspecified atom stereocenters. The topological polar surface area (TPSA) is 90.0 Å². The van der Waals surface area contributed by atoms with Crippen LogP contribution in [0.5, 0.6) is 0 Å². The quantitative estimate of drug-likeness (QED) is 0.486. The molecule has 29 heavy (non-hydrogen) atoms. The summed E-state index contributed by atoms with van der Waals surface area (Å²) in [7, 11) is 0. The number of thiophene rings is 1. The third kappa shape index (κ3) is 5.08. The minimum atomic E-state index is -0.632. The van der Waals surface area contributed by atoms with E-state index in [-0.39, 0.29) is 31.3 Å². The van der Waals surface area contributed by atoms with Crippen LogP contribution in [-0.4, -0.2) is 43.4 Å². The molecule has 1 aliphatic rings. The van der Waals surface area contributed by atoms with Gasteiger partial charge in [0.25, 0.3) is 0 Å². The first-order valence-corrected chi connectivity index (χ1v) is 10.2. The molecule has 0 saturated carbocycles. The summed E-state index contributed by atoms with van der Waals surface area (Å²) in [6.45, 7) is 2.10. The Balaban J connectivity index is 1.56. The summed E-state index contributed by atoms with van der Waals surface area (Å²) in [5, 5.41) is 1.78. The summed E-state index contributed by atoms with van der Waals surface area (Å²) in [4.78, 5) is 50.4. The van der Waals surface area contributed by atoms with Crippen LogP contribution in [0, 0.1) is 5.92 Å². The minimum absolute atomic E-state index is 0.0202. The van der Waals surface area contributed by atoms with E-state index in [4.69, 9.17) is 9.47 Å². The number of ketones is 1. The number of Topliss-reactive ketones (excluding diaryl/α,β-unsaturated/α-hetero) is 1. The highest BCUT2D eigenvalue weighted by Crippen LogP contribution is 2.26. The van der Waals surface area contributed by atoms with Gasteiger partial charge in [0.1, 0.15) is 0 Å². The van der Waals surface area contributed by atoms with Gasteiger partial charge < -0.3 is 14.4 Å². The lowest BCUT2D eigenvalue weighted by Gasteiger charge is -2.17. The fourth-order valence-electron chi connectivity index (χ4n) is 2.93. The zero-order valence-electron chi connectivity index (χ0n) is 16.0. The Morgan fingerprint density at radius 1 is 1.14 bits per heavy atom. The van der Waals surface area contributed by atoms with Crippen LogP contribution in [0.2, 0.25) is 0 Å². The van der Waals surface area contributed by atoms with Crippen molar-refractivity contribution in [2.45, 2.75) is 19.8 Å². The van der Waals surface area contributed by atoms with Crippen molar-refractivity contribution in [2.24, 2.45) is 5.92 Å². The molecular formula is C21H21NO6S. The molecule has 1 aromatic heterocycles. The highest BCUT2D eigenvalue weighted by Gasteiger charge is 2.36. The molecule has 3 rings (SSSR count). The van der Waals surface area contributed by atoms with Gasteiger partial charge in [-0.1, -0.05) is 13.0 Å². The number of anilines is 1. The molecule has 7 nitrogen and oxygen atoms in total. The third-order valence-corrected chi connectivity index (χ3v) is 5.36. The molecule has 0 bridgehead atoms. The van der Waals surface area contributed by atoms with Crippen LogP contribution in [0.1, 0.15) is 39.8 Å². The number of rotatable bonds is 8. The molecule has 152 valence electrons. The van der Waals surface area contributed by atoms with Crippen molar-refractivity contribution in [2.75, 3.05) is 24.7 Å². The van der Waals surface area contributed by atoms with E-state index in [1.165, 1.54) is 16.2 Å². The Labute approximate surface area is 172 Å². The Hall–Kier alpha value is -3.00.